The van der Waals surface area contributed by atoms with E-state index in [2.05, 4.69) is 15.7 Å². The van der Waals surface area contributed by atoms with Gasteiger partial charge < -0.3 is 20.1 Å². The van der Waals surface area contributed by atoms with Crippen molar-refractivity contribution in [3.63, 3.8) is 0 Å². The van der Waals surface area contributed by atoms with Gasteiger partial charge in [-0.3, -0.25) is 10.1 Å². The Morgan fingerprint density at radius 2 is 1.94 bits per heavy atom. The summed E-state index contributed by atoms with van der Waals surface area (Å²) in [6.45, 7) is 1.86. The van der Waals surface area contributed by atoms with Crippen molar-refractivity contribution in [2.75, 3.05) is 20.3 Å². The lowest BCUT2D eigenvalue weighted by Crippen LogP contribution is -2.45. The molecule has 11 nitrogen and oxygen atoms in total. The summed E-state index contributed by atoms with van der Waals surface area (Å²) in [5.74, 6) is -0.630. The van der Waals surface area contributed by atoms with Crippen LogP contribution in [0.3, 0.4) is 0 Å². The number of nitrogens with zero attached hydrogens (tertiary/aromatic N) is 3. The number of nitrogens with one attached hydrogen (secondary N) is 2. The molecular weight excluding hydrogens is 454 g/mol. The molecule has 1 aliphatic heterocycles. The van der Waals surface area contributed by atoms with E-state index in [1.165, 1.54) is 19.2 Å². The number of hydrogen-bond donors (Lipinski definition) is 2. The number of nitro groups is 1. The first kappa shape index (κ1) is 23.6. The SMILES string of the molecule is COCCOC(=O)C1=C(C)NC(=O)N[C@H]1c1cn(-c2ccccc2)nc1-c1cccc([N+](=O)[O-])c1. The van der Waals surface area contributed by atoms with Gasteiger partial charge in [-0.25, -0.2) is 14.3 Å². The molecule has 1 aliphatic rings. The fraction of sp³-hybridized carbons (Fsp3) is 0.208. The van der Waals surface area contributed by atoms with E-state index in [1.54, 1.807) is 29.9 Å². The van der Waals surface area contributed by atoms with E-state index in [-0.39, 0.29) is 24.5 Å². The van der Waals surface area contributed by atoms with Gasteiger partial charge in [0.15, 0.2) is 0 Å². The Balaban J connectivity index is 1.86. The average molecular weight is 477 g/mol. The first-order valence-corrected chi connectivity index (χ1v) is 10.7. The molecule has 35 heavy (non-hydrogen) atoms. The van der Waals surface area contributed by atoms with E-state index in [9.17, 15) is 19.7 Å². The van der Waals surface area contributed by atoms with Crippen LogP contribution in [0, 0.1) is 10.1 Å². The standard InChI is InChI=1S/C24H23N5O6/c1-15-20(23(30)35-12-11-34-2)22(26-24(31)25-15)19-14-28(17-8-4-3-5-9-17)27-21(19)16-7-6-10-18(13-16)29(32)33/h3-10,13-14,22H,11-12H2,1-2H3,(H2,25,26,31)/t22-/m0/s1. The summed E-state index contributed by atoms with van der Waals surface area (Å²) in [6.07, 6.45) is 1.69. The maximum Gasteiger partial charge on any atom is 0.338 e. The van der Waals surface area contributed by atoms with Crippen LogP contribution >= 0.6 is 0 Å². The molecule has 11 heteroatoms. The van der Waals surface area contributed by atoms with Crippen molar-refractivity contribution in [3.05, 3.63) is 87.7 Å². The molecule has 4 rings (SSSR count). The Morgan fingerprint density at radius 3 is 2.66 bits per heavy atom. The van der Waals surface area contributed by atoms with Crippen molar-refractivity contribution < 1.29 is 24.0 Å². The number of carbonyl (C=O) groups is 2. The summed E-state index contributed by atoms with van der Waals surface area (Å²) in [6, 6.07) is 13.9. The van der Waals surface area contributed by atoms with Crippen molar-refractivity contribution >= 4 is 17.7 Å². The normalized spacial score (nSPS) is 15.4. The van der Waals surface area contributed by atoms with Crippen LogP contribution in [-0.4, -0.2) is 47.0 Å². The van der Waals surface area contributed by atoms with E-state index in [0.717, 1.165) is 5.69 Å². The van der Waals surface area contributed by atoms with Crippen LogP contribution in [0.15, 0.2) is 72.1 Å². The van der Waals surface area contributed by atoms with Crippen molar-refractivity contribution in [2.45, 2.75) is 13.0 Å². The number of esters is 1. The Labute approximate surface area is 200 Å². The molecule has 1 aromatic heterocycles. The number of ether oxygens (including phenoxy) is 2. The summed E-state index contributed by atoms with van der Waals surface area (Å²) in [5, 5.41) is 21.4. The molecule has 0 unspecified atom stereocenters. The van der Waals surface area contributed by atoms with E-state index >= 15 is 0 Å². The lowest BCUT2D eigenvalue weighted by atomic mass is 9.93. The summed E-state index contributed by atoms with van der Waals surface area (Å²) >= 11 is 0. The number of allylic oxidation sites excluding steroid dienone is 1. The zero-order valence-corrected chi connectivity index (χ0v) is 19.1. The minimum atomic E-state index is -0.912. The van der Waals surface area contributed by atoms with E-state index in [0.29, 0.717) is 22.5 Å². The molecule has 0 aliphatic carbocycles. The molecule has 3 aromatic rings. The van der Waals surface area contributed by atoms with Crippen LogP contribution in [-0.2, 0) is 14.3 Å². The van der Waals surface area contributed by atoms with Gasteiger partial charge in [0.05, 0.1) is 34.5 Å². The molecule has 0 radical (unpaired) electrons. The van der Waals surface area contributed by atoms with Gasteiger partial charge in [-0.1, -0.05) is 30.3 Å². The number of amides is 2. The van der Waals surface area contributed by atoms with Crippen LogP contribution in [0.25, 0.3) is 16.9 Å². The number of benzene rings is 2. The van der Waals surface area contributed by atoms with Gasteiger partial charge >= 0.3 is 12.0 Å². The van der Waals surface area contributed by atoms with Gasteiger partial charge in [-0.15, -0.1) is 0 Å². The largest absolute Gasteiger partial charge is 0.460 e. The van der Waals surface area contributed by atoms with Crippen LogP contribution in [0.1, 0.15) is 18.5 Å². The predicted octanol–water partition coefficient (Wildman–Crippen LogP) is 3.27. The first-order chi connectivity index (χ1) is 16.9. The second kappa shape index (κ2) is 10.2. The molecule has 2 aromatic carbocycles. The Bertz CT molecular complexity index is 1300. The van der Waals surface area contributed by atoms with Crippen LogP contribution in [0.4, 0.5) is 10.5 Å². The zero-order chi connectivity index (χ0) is 24.9. The highest BCUT2D eigenvalue weighted by molar-refractivity contribution is 5.95. The molecular formula is C24H23N5O6. The van der Waals surface area contributed by atoms with Crippen LogP contribution < -0.4 is 10.6 Å². The quantitative estimate of drug-likeness (QED) is 0.220. The minimum Gasteiger partial charge on any atom is -0.460 e. The number of para-hydroxylation sites is 1. The van der Waals surface area contributed by atoms with Gasteiger partial charge in [0.1, 0.15) is 6.61 Å². The first-order valence-electron chi connectivity index (χ1n) is 10.7. The molecule has 2 amide bonds. The van der Waals surface area contributed by atoms with Crippen LogP contribution in [0.2, 0.25) is 0 Å². The van der Waals surface area contributed by atoms with Crippen molar-refractivity contribution in [1.29, 1.82) is 0 Å². The number of methoxy groups -OCH3 is 1. The third-order valence-electron chi connectivity index (χ3n) is 5.41. The smallest absolute Gasteiger partial charge is 0.338 e. The maximum atomic E-state index is 13.0. The predicted molar refractivity (Wildman–Crippen MR) is 126 cm³/mol. The third kappa shape index (κ3) is 5.04. The monoisotopic (exact) mass is 477 g/mol. The van der Waals surface area contributed by atoms with Gasteiger partial charge in [0.2, 0.25) is 0 Å². The number of non-ortho nitro benzene ring substituents is 1. The highest BCUT2D eigenvalue weighted by Crippen LogP contribution is 2.35. The van der Waals surface area contributed by atoms with Crippen molar-refractivity contribution in [3.8, 4) is 16.9 Å². The highest BCUT2D eigenvalue weighted by Gasteiger charge is 2.35. The van der Waals surface area contributed by atoms with Gasteiger partial charge in [0.25, 0.3) is 5.69 Å². The Morgan fingerprint density at radius 1 is 1.17 bits per heavy atom. The van der Waals surface area contributed by atoms with Crippen LogP contribution in [0.5, 0.6) is 0 Å². The second-order valence-electron chi connectivity index (χ2n) is 7.72. The minimum absolute atomic E-state index is 0.0355. The number of aromatic nitrogens is 2. The Hall–Kier alpha value is -4.51. The summed E-state index contributed by atoms with van der Waals surface area (Å²) < 4.78 is 11.9. The molecule has 2 heterocycles. The molecule has 180 valence electrons. The molecule has 0 spiro atoms. The number of hydrogen-bond acceptors (Lipinski definition) is 7. The zero-order valence-electron chi connectivity index (χ0n) is 19.1. The lowest BCUT2D eigenvalue weighted by molar-refractivity contribution is -0.384. The second-order valence-corrected chi connectivity index (χ2v) is 7.72. The number of urea groups is 1. The summed E-state index contributed by atoms with van der Waals surface area (Å²) in [5.41, 5.74) is 2.46. The number of carbonyl (C=O) groups excluding carboxylic acids is 2. The third-order valence-corrected chi connectivity index (χ3v) is 5.41. The molecule has 0 bridgehead atoms. The topological polar surface area (TPSA) is 138 Å². The van der Waals surface area contributed by atoms with E-state index in [4.69, 9.17) is 9.47 Å². The molecule has 0 fully saturated rings. The molecule has 2 N–H and O–H groups in total. The molecule has 1 atom stereocenters. The number of nitro benzene ring substituents is 1. The Kier molecular flexibility index (Phi) is 6.88. The van der Waals surface area contributed by atoms with Gasteiger partial charge in [0, 0.05) is 42.3 Å². The molecule has 0 saturated heterocycles. The average Bonchev–Trinajstić information content (AvgIpc) is 3.30. The van der Waals surface area contributed by atoms with Crippen molar-refractivity contribution in [2.24, 2.45) is 0 Å². The van der Waals surface area contributed by atoms with Gasteiger partial charge in [-0.2, -0.15) is 5.10 Å². The lowest BCUT2D eigenvalue weighted by Gasteiger charge is -2.27. The summed E-state index contributed by atoms with van der Waals surface area (Å²) in [7, 11) is 1.49. The van der Waals surface area contributed by atoms with E-state index in [1.807, 2.05) is 30.3 Å². The highest BCUT2D eigenvalue weighted by atomic mass is 16.6. The maximum absolute atomic E-state index is 13.0. The fourth-order valence-electron chi connectivity index (χ4n) is 3.80. The summed E-state index contributed by atoms with van der Waals surface area (Å²) in [4.78, 5) is 36.3. The van der Waals surface area contributed by atoms with E-state index < -0.39 is 23.0 Å². The number of rotatable bonds is 8. The van der Waals surface area contributed by atoms with Gasteiger partial charge in [-0.05, 0) is 19.1 Å². The fourth-order valence-corrected chi connectivity index (χ4v) is 3.80. The van der Waals surface area contributed by atoms with Crippen molar-refractivity contribution in [1.82, 2.24) is 20.4 Å². The molecule has 0 saturated carbocycles.